The van der Waals surface area contributed by atoms with Crippen LogP contribution >= 0.6 is 23.2 Å². The van der Waals surface area contributed by atoms with E-state index in [0.717, 1.165) is 29.0 Å². The quantitative estimate of drug-likeness (QED) is 0.358. The van der Waals surface area contributed by atoms with Crippen LogP contribution in [0, 0.1) is 23.7 Å². The molecule has 1 saturated heterocycles. The van der Waals surface area contributed by atoms with Gasteiger partial charge in [0.2, 0.25) is 0 Å². The second-order valence-electron chi connectivity index (χ2n) is 8.17. The molecule has 2 aromatic rings. The number of nitrogens with zero attached hydrogens (tertiary/aromatic N) is 2. The molecule has 2 fully saturated rings. The number of hydrogen-bond acceptors (Lipinski definition) is 4. The first kappa shape index (κ1) is 20.3. The predicted octanol–water partition coefficient (Wildman–Crippen LogP) is 5.10. The monoisotopic (exact) mass is 454 g/mol. The first-order valence-electron chi connectivity index (χ1n) is 10.3. The Morgan fingerprint density at radius 3 is 2.35 bits per heavy atom. The number of benzene rings is 2. The molecule has 0 aromatic heterocycles. The van der Waals surface area contributed by atoms with Gasteiger partial charge in [0.05, 0.1) is 18.1 Å². The summed E-state index contributed by atoms with van der Waals surface area (Å²) in [5, 5.41) is 6.43. The Hall–Kier alpha value is -2.63. The molecule has 158 valence electrons. The lowest BCUT2D eigenvalue weighted by molar-refractivity contribution is -0.140. The Bertz CT molecular complexity index is 1080. The summed E-state index contributed by atoms with van der Waals surface area (Å²) in [6.45, 7) is 0.291. The van der Waals surface area contributed by atoms with Gasteiger partial charge in [-0.3, -0.25) is 9.59 Å². The van der Waals surface area contributed by atoms with Gasteiger partial charge in [0, 0.05) is 15.6 Å². The first-order valence-corrected chi connectivity index (χ1v) is 11.0. The average Bonchev–Trinajstić information content (AvgIpc) is 3.05. The molecular formula is C24H20Cl2N2O3. The van der Waals surface area contributed by atoms with Crippen LogP contribution in [0.25, 0.3) is 0 Å². The molecular weight excluding hydrogens is 435 g/mol. The molecule has 0 unspecified atom stereocenters. The molecule has 1 saturated carbocycles. The SMILES string of the molecule is O=C1[C@H]2[C@H](C(=O)N1/N=C\c1cccc(OCc3ccc(Cl)cc3Cl)c1)[C@H]1C=C[C@H]2CC1. The van der Waals surface area contributed by atoms with Gasteiger partial charge in [-0.15, -0.1) is 0 Å². The lowest BCUT2D eigenvalue weighted by Crippen LogP contribution is -2.38. The summed E-state index contributed by atoms with van der Waals surface area (Å²) in [4.78, 5) is 25.7. The number of carbonyl (C=O) groups excluding carboxylic acids is 2. The summed E-state index contributed by atoms with van der Waals surface area (Å²) in [5.41, 5.74) is 1.56. The molecule has 2 aromatic carbocycles. The number of halogens is 2. The zero-order valence-corrected chi connectivity index (χ0v) is 18.1. The molecule has 2 bridgehead atoms. The van der Waals surface area contributed by atoms with Gasteiger partial charge < -0.3 is 4.74 Å². The van der Waals surface area contributed by atoms with E-state index >= 15 is 0 Å². The Morgan fingerprint density at radius 1 is 1.00 bits per heavy atom. The molecule has 1 heterocycles. The van der Waals surface area contributed by atoms with Crippen LogP contribution in [0.5, 0.6) is 5.75 Å². The maximum absolute atomic E-state index is 12.9. The van der Waals surface area contributed by atoms with E-state index in [1.807, 2.05) is 24.3 Å². The fourth-order valence-corrected chi connectivity index (χ4v) is 5.24. The molecule has 6 rings (SSSR count). The third-order valence-electron chi connectivity index (χ3n) is 6.33. The fraction of sp³-hybridized carbons (Fsp3) is 0.292. The minimum atomic E-state index is -0.257. The molecule has 0 radical (unpaired) electrons. The molecule has 5 nitrogen and oxygen atoms in total. The van der Waals surface area contributed by atoms with E-state index < -0.39 is 0 Å². The average molecular weight is 455 g/mol. The second-order valence-corrected chi connectivity index (χ2v) is 9.01. The van der Waals surface area contributed by atoms with Crippen LogP contribution in [0.3, 0.4) is 0 Å². The van der Waals surface area contributed by atoms with Crippen molar-refractivity contribution >= 4 is 41.2 Å². The molecule has 1 aliphatic heterocycles. The zero-order valence-electron chi connectivity index (χ0n) is 16.6. The van der Waals surface area contributed by atoms with E-state index in [1.54, 1.807) is 18.2 Å². The van der Waals surface area contributed by atoms with Gasteiger partial charge >= 0.3 is 0 Å². The Labute approximate surface area is 190 Å². The third kappa shape index (κ3) is 3.77. The summed E-state index contributed by atoms with van der Waals surface area (Å²) < 4.78 is 5.84. The summed E-state index contributed by atoms with van der Waals surface area (Å²) >= 11 is 12.1. The van der Waals surface area contributed by atoms with Gasteiger partial charge in [-0.25, -0.2) is 0 Å². The topological polar surface area (TPSA) is 59.0 Å². The highest BCUT2D eigenvalue weighted by atomic mass is 35.5. The standard InChI is InChI=1S/C24H20Cl2N2O3/c25-18-9-8-17(20(26)11-18)13-31-19-3-1-2-14(10-19)12-27-28-23(29)21-15-4-5-16(7-6-15)22(21)24(28)30/h1-5,8-12,15-16,21-22H,6-7,13H2/b27-12-/t15-,16-,21+,22+/m0/s1. The predicted molar refractivity (Wildman–Crippen MR) is 119 cm³/mol. The second kappa shape index (κ2) is 8.13. The van der Waals surface area contributed by atoms with Gasteiger partial charge in [-0.2, -0.15) is 10.1 Å². The van der Waals surface area contributed by atoms with Gasteiger partial charge in [-0.05, 0) is 54.5 Å². The molecule has 7 heteroatoms. The molecule has 4 atom stereocenters. The van der Waals surface area contributed by atoms with Crippen LogP contribution < -0.4 is 4.74 Å². The van der Waals surface area contributed by atoms with Gasteiger partial charge in [0.1, 0.15) is 12.4 Å². The van der Waals surface area contributed by atoms with E-state index in [4.69, 9.17) is 27.9 Å². The summed E-state index contributed by atoms with van der Waals surface area (Å²) in [7, 11) is 0. The van der Waals surface area contributed by atoms with E-state index in [0.29, 0.717) is 22.4 Å². The smallest absolute Gasteiger partial charge is 0.254 e. The molecule has 3 aliphatic carbocycles. The number of rotatable bonds is 5. The van der Waals surface area contributed by atoms with Crippen molar-refractivity contribution in [2.45, 2.75) is 19.4 Å². The molecule has 2 amide bonds. The number of allylic oxidation sites excluding steroid dienone is 2. The highest BCUT2D eigenvalue weighted by Gasteiger charge is 2.56. The van der Waals surface area contributed by atoms with E-state index in [-0.39, 0.29) is 35.5 Å². The van der Waals surface area contributed by atoms with Crippen molar-refractivity contribution in [3.8, 4) is 5.75 Å². The fourth-order valence-electron chi connectivity index (χ4n) is 4.78. The van der Waals surface area contributed by atoms with Crippen LogP contribution in [0.4, 0.5) is 0 Å². The van der Waals surface area contributed by atoms with Crippen molar-refractivity contribution in [3.63, 3.8) is 0 Å². The number of ether oxygens (including phenoxy) is 1. The number of imide groups is 1. The number of hydrogen-bond donors (Lipinski definition) is 0. The van der Waals surface area contributed by atoms with Crippen LogP contribution in [-0.4, -0.2) is 23.0 Å². The van der Waals surface area contributed by atoms with Crippen LogP contribution in [0.2, 0.25) is 10.0 Å². The molecule has 0 N–H and O–H groups in total. The number of carbonyl (C=O) groups is 2. The van der Waals surface area contributed by atoms with Crippen LogP contribution in [0.15, 0.2) is 59.7 Å². The van der Waals surface area contributed by atoms with Gasteiger partial charge in [-0.1, -0.05) is 53.6 Å². The Kier molecular flexibility index (Phi) is 5.32. The minimum Gasteiger partial charge on any atom is -0.489 e. The third-order valence-corrected chi connectivity index (χ3v) is 6.91. The Balaban J connectivity index is 1.28. The number of fused-ring (bicyclic) bond motifs is 1. The maximum Gasteiger partial charge on any atom is 0.254 e. The largest absolute Gasteiger partial charge is 0.489 e. The van der Waals surface area contributed by atoms with E-state index in [1.165, 1.54) is 6.21 Å². The van der Waals surface area contributed by atoms with Crippen LogP contribution in [-0.2, 0) is 16.2 Å². The van der Waals surface area contributed by atoms with Crippen molar-refractivity contribution in [1.29, 1.82) is 0 Å². The minimum absolute atomic E-state index is 0.156. The van der Waals surface area contributed by atoms with Crippen molar-refractivity contribution in [2.75, 3.05) is 0 Å². The molecule has 0 spiro atoms. The lowest BCUT2D eigenvalue weighted by atomic mass is 9.63. The van der Waals surface area contributed by atoms with E-state index in [9.17, 15) is 9.59 Å². The number of amides is 2. The lowest BCUT2D eigenvalue weighted by Gasteiger charge is -2.37. The maximum atomic E-state index is 12.9. The van der Waals surface area contributed by atoms with Crippen molar-refractivity contribution < 1.29 is 14.3 Å². The van der Waals surface area contributed by atoms with Gasteiger partial charge in [0.15, 0.2) is 0 Å². The Morgan fingerprint density at radius 2 is 1.71 bits per heavy atom. The normalized spacial score (nSPS) is 26.7. The van der Waals surface area contributed by atoms with Crippen molar-refractivity contribution in [1.82, 2.24) is 5.01 Å². The van der Waals surface area contributed by atoms with E-state index in [2.05, 4.69) is 17.3 Å². The first-order chi connectivity index (χ1) is 15.0. The summed E-state index contributed by atoms with van der Waals surface area (Å²) in [6, 6.07) is 12.6. The highest BCUT2D eigenvalue weighted by Crippen LogP contribution is 2.49. The summed E-state index contributed by atoms with van der Waals surface area (Å²) in [5.74, 6) is 0.0562. The number of hydrazone groups is 1. The molecule has 4 aliphatic rings. The zero-order chi connectivity index (χ0) is 21.5. The highest BCUT2D eigenvalue weighted by molar-refractivity contribution is 6.35. The summed E-state index contributed by atoms with van der Waals surface area (Å²) in [6.07, 6.45) is 7.67. The van der Waals surface area contributed by atoms with Crippen molar-refractivity contribution in [3.05, 3.63) is 75.8 Å². The van der Waals surface area contributed by atoms with Gasteiger partial charge in [0.25, 0.3) is 11.8 Å². The van der Waals surface area contributed by atoms with Crippen molar-refractivity contribution in [2.24, 2.45) is 28.8 Å². The van der Waals surface area contributed by atoms with Crippen LogP contribution in [0.1, 0.15) is 24.0 Å². The molecule has 31 heavy (non-hydrogen) atoms.